The molecule has 0 fully saturated rings. The van der Waals surface area contributed by atoms with Gasteiger partial charge in [0.2, 0.25) is 0 Å². The molecule has 6 heteroatoms. The van der Waals surface area contributed by atoms with Gasteiger partial charge in [0.1, 0.15) is 0 Å². The Labute approximate surface area is 220 Å². The fourth-order valence-corrected chi connectivity index (χ4v) is 7.27. The van der Waals surface area contributed by atoms with Gasteiger partial charge in [-0.1, -0.05) is 96.8 Å². The first-order valence-corrected chi connectivity index (χ1v) is 17.1. The molecule has 0 spiro atoms. The topological polar surface area (TPSA) is 44.8 Å². The van der Waals surface area contributed by atoms with Gasteiger partial charge in [0, 0.05) is 25.9 Å². The minimum Gasteiger partial charge on any atom is -0.374 e. The van der Waals surface area contributed by atoms with Crippen molar-refractivity contribution < 1.29 is 22.6 Å². The van der Waals surface area contributed by atoms with E-state index in [4.69, 9.17) is 13.3 Å². The van der Waals surface area contributed by atoms with Crippen LogP contribution in [-0.4, -0.2) is 59.7 Å². The van der Waals surface area contributed by atoms with Crippen LogP contribution in [0, 0.1) is 0 Å². The minimum atomic E-state index is -2.74. The maximum atomic E-state index is 12.9. The molecular formula is C29H62NO4Si+. The van der Waals surface area contributed by atoms with E-state index in [-0.39, 0.29) is 5.91 Å². The number of unbranched alkanes of at least 4 members (excludes halogenated alkanes) is 15. The van der Waals surface area contributed by atoms with Crippen molar-refractivity contribution in [2.75, 3.05) is 40.5 Å². The van der Waals surface area contributed by atoms with Crippen LogP contribution >= 0.6 is 0 Å². The maximum absolute atomic E-state index is 12.9. The third-order valence-electron chi connectivity index (χ3n) is 6.98. The lowest BCUT2D eigenvalue weighted by Gasteiger charge is -2.30. The van der Waals surface area contributed by atoms with Gasteiger partial charge in [-0.15, -0.1) is 0 Å². The Kier molecular flexibility index (Phi) is 22.7. The smallest absolute Gasteiger partial charge is 0.374 e. The number of carbonyl (C=O) groups is 1. The second kappa shape index (κ2) is 22.9. The molecule has 0 rings (SSSR count). The van der Waals surface area contributed by atoms with Crippen LogP contribution < -0.4 is 0 Å². The number of nitrogens with zero attached hydrogens (tertiary/aromatic N) is 1. The highest BCUT2D eigenvalue weighted by Crippen LogP contribution is 2.21. The molecule has 0 aromatic rings. The number of hydrogen-bond donors (Lipinski definition) is 0. The molecule has 0 aromatic heterocycles. The second-order valence-corrected chi connectivity index (χ2v) is 13.3. The van der Waals surface area contributed by atoms with E-state index in [1.165, 1.54) is 96.3 Å². The Morgan fingerprint density at radius 2 is 0.914 bits per heavy atom. The number of hydrogen-bond acceptors (Lipinski definition) is 4. The van der Waals surface area contributed by atoms with Crippen LogP contribution in [0.3, 0.4) is 0 Å². The molecule has 0 heterocycles. The standard InChI is InChI=1S/C29H62NO4Si/c1-7-11-12-13-14-15-16-17-18-19-20-21-22-23-24-25-27-30(5,6)29(31)26-28-35(32-8-2,33-9-3)34-10-4/h7-28H2,1-6H3/q+1. The van der Waals surface area contributed by atoms with E-state index < -0.39 is 8.80 Å². The van der Waals surface area contributed by atoms with E-state index in [2.05, 4.69) is 6.92 Å². The number of rotatable bonds is 26. The summed E-state index contributed by atoms with van der Waals surface area (Å²) < 4.78 is 18.1. The monoisotopic (exact) mass is 516 g/mol. The summed E-state index contributed by atoms with van der Waals surface area (Å²) in [5.41, 5.74) is 0. The van der Waals surface area contributed by atoms with E-state index in [9.17, 15) is 4.79 Å². The van der Waals surface area contributed by atoms with E-state index in [1.54, 1.807) is 0 Å². The van der Waals surface area contributed by atoms with Crippen molar-refractivity contribution in [3.05, 3.63) is 0 Å². The average molecular weight is 517 g/mol. The zero-order valence-corrected chi connectivity index (χ0v) is 25.6. The van der Waals surface area contributed by atoms with Gasteiger partial charge < -0.3 is 13.3 Å². The zero-order valence-electron chi connectivity index (χ0n) is 24.6. The number of amides is 1. The molecule has 0 N–H and O–H groups in total. The van der Waals surface area contributed by atoms with Crippen LogP contribution in [0.1, 0.15) is 137 Å². The van der Waals surface area contributed by atoms with Crippen molar-refractivity contribution in [3.63, 3.8) is 0 Å². The average Bonchev–Trinajstić information content (AvgIpc) is 2.82. The second-order valence-electron chi connectivity index (χ2n) is 10.6. The summed E-state index contributed by atoms with van der Waals surface area (Å²) in [4.78, 5) is 12.9. The fourth-order valence-electron chi connectivity index (χ4n) is 4.74. The highest BCUT2D eigenvalue weighted by molar-refractivity contribution is 6.60. The van der Waals surface area contributed by atoms with Gasteiger partial charge >= 0.3 is 14.7 Å². The summed E-state index contributed by atoms with van der Waals surface area (Å²) in [6.07, 6.45) is 22.4. The van der Waals surface area contributed by atoms with Crippen LogP contribution in [-0.2, 0) is 18.1 Å². The SMILES string of the molecule is CCCCCCCCCCCCCCCCCC[N+](C)(C)C(=O)CC[Si](OCC)(OCC)OCC. The van der Waals surface area contributed by atoms with Crippen LogP contribution in [0.15, 0.2) is 0 Å². The van der Waals surface area contributed by atoms with Gasteiger partial charge in [-0.05, 0) is 33.6 Å². The molecule has 0 saturated carbocycles. The van der Waals surface area contributed by atoms with Gasteiger partial charge in [-0.2, -0.15) is 0 Å². The molecule has 0 aromatic carbocycles. The van der Waals surface area contributed by atoms with Crippen molar-refractivity contribution >= 4 is 14.7 Å². The summed E-state index contributed by atoms with van der Waals surface area (Å²) in [5, 5.41) is 0. The molecule has 1 amide bonds. The molecule has 210 valence electrons. The first-order valence-electron chi connectivity index (χ1n) is 15.2. The van der Waals surface area contributed by atoms with Crippen molar-refractivity contribution in [2.24, 2.45) is 0 Å². The molecule has 0 aliphatic carbocycles. The third-order valence-corrected chi connectivity index (χ3v) is 10.0. The van der Waals surface area contributed by atoms with Gasteiger partial charge in [0.05, 0.1) is 27.1 Å². The van der Waals surface area contributed by atoms with Gasteiger partial charge in [-0.25, -0.2) is 4.79 Å². The lowest BCUT2D eigenvalue weighted by atomic mass is 10.0. The van der Waals surface area contributed by atoms with Crippen molar-refractivity contribution in [2.45, 2.75) is 143 Å². The van der Waals surface area contributed by atoms with E-state index >= 15 is 0 Å². The fraction of sp³-hybridized carbons (Fsp3) is 0.966. The van der Waals surface area contributed by atoms with Gasteiger partial charge in [0.25, 0.3) is 0 Å². The normalized spacial score (nSPS) is 12.4. The van der Waals surface area contributed by atoms with E-state index in [0.717, 1.165) is 13.0 Å². The lowest BCUT2D eigenvalue weighted by Crippen LogP contribution is -2.50. The molecule has 0 unspecified atom stereocenters. The molecule has 5 nitrogen and oxygen atoms in total. The van der Waals surface area contributed by atoms with E-state index in [0.29, 0.717) is 36.8 Å². The Balaban J connectivity index is 3.85. The maximum Gasteiger partial charge on any atom is 0.501 e. The van der Waals surface area contributed by atoms with Crippen LogP contribution in [0.4, 0.5) is 0 Å². The minimum absolute atomic E-state index is 0.252. The predicted octanol–water partition coefficient (Wildman–Crippen LogP) is 8.29. The summed E-state index contributed by atoms with van der Waals surface area (Å²) >= 11 is 0. The molecule has 0 radical (unpaired) electrons. The van der Waals surface area contributed by atoms with Crippen LogP contribution in [0.25, 0.3) is 0 Å². The van der Waals surface area contributed by atoms with Crippen LogP contribution in [0.5, 0.6) is 0 Å². The summed E-state index contributed by atoms with van der Waals surface area (Å²) in [6, 6.07) is 0.571. The molecule has 0 aliphatic rings. The van der Waals surface area contributed by atoms with Crippen molar-refractivity contribution in [1.82, 2.24) is 0 Å². The molecule has 0 atom stereocenters. The molecule has 35 heavy (non-hydrogen) atoms. The third kappa shape index (κ3) is 18.6. The predicted molar refractivity (Wildman–Crippen MR) is 152 cm³/mol. The highest BCUT2D eigenvalue weighted by atomic mass is 28.4. The number of quaternary nitrogens is 1. The molecule has 0 bridgehead atoms. The largest absolute Gasteiger partial charge is 0.501 e. The Bertz CT molecular complexity index is 470. The van der Waals surface area contributed by atoms with Crippen LogP contribution in [0.2, 0.25) is 6.04 Å². The first-order chi connectivity index (χ1) is 16.9. The first kappa shape index (κ1) is 34.7. The highest BCUT2D eigenvalue weighted by Gasteiger charge is 2.42. The summed E-state index contributed by atoms with van der Waals surface area (Å²) in [7, 11) is 1.34. The Morgan fingerprint density at radius 1 is 0.571 bits per heavy atom. The summed E-state index contributed by atoms with van der Waals surface area (Å²) in [5.74, 6) is 0.252. The Hall–Kier alpha value is -0.273. The lowest BCUT2D eigenvalue weighted by molar-refractivity contribution is -0.814. The summed E-state index contributed by atoms with van der Waals surface area (Å²) in [6.45, 7) is 10.7. The quantitative estimate of drug-likeness (QED) is 0.0659. The molecule has 0 saturated heterocycles. The van der Waals surface area contributed by atoms with Gasteiger partial charge in [0.15, 0.2) is 0 Å². The van der Waals surface area contributed by atoms with E-state index in [1.807, 2.05) is 34.9 Å². The zero-order chi connectivity index (χ0) is 26.3. The molecule has 0 aliphatic heterocycles. The Morgan fingerprint density at radius 3 is 1.26 bits per heavy atom. The van der Waals surface area contributed by atoms with Crippen molar-refractivity contribution in [1.29, 1.82) is 0 Å². The van der Waals surface area contributed by atoms with Crippen molar-refractivity contribution in [3.8, 4) is 0 Å². The number of carbonyl (C=O) groups excluding carboxylic acids is 1. The van der Waals surface area contributed by atoms with Gasteiger partial charge in [-0.3, -0.25) is 4.48 Å². The molecular weight excluding hydrogens is 454 g/mol.